The van der Waals surface area contributed by atoms with Gasteiger partial charge < -0.3 is 14.4 Å². The monoisotopic (exact) mass is 320 g/mol. The summed E-state index contributed by atoms with van der Waals surface area (Å²) in [6, 6.07) is 3.81. The number of rotatable bonds is 3. The van der Waals surface area contributed by atoms with Gasteiger partial charge >= 0.3 is 0 Å². The third-order valence-electron chi connectivity index (χ3n) is 3.59. The minimum atomic E-state index is 0.591. The molecule has 1 aliphatic rings. The summed E-state index contributed by atoms with van der Waals surface area (Å²) in [6.07, 6.45) is 1.72. The van der Waals surface area contributed by atoms with Gasteiger partial charge in [0.1, 0.15) is 5.69 Å². The van der Waals surface area contributed by atoms with Gasteiger partial charge in [-0.15, -0.1) is 0 Å². The Hall–Kier alpha value is -1.92. The fourth-order valence-corrected chi connectivity index (χ4v) is 2.48. The van der Waals surface area contributed by atoms with Crippen LogP contribution in [0.15, 0.2) is 18.3 Å². The molecule has 3 rings (SSSR count). The standard InChI is InChI=1S/C15H17ClN4O2/c1-10-12(16)8-13(19-18-10)11-7-14(15(21-2)17-9-11)20-3-5-22-6-4-20/h7-9H,3-6H2,1-2H3. The van der Waals surface area contributed by atoms with Crippen LogP contribution in [-0.2, 0) is 4.74 Å². The van der Waals surface area contributed by atoms with Gasteiger partial charge in [-0.25, -0.2) is 4.98 Å². The molecule has 0 spiro atoms. The minimum absolute atomic E-state index is 0.591. The molecule has 1 fully saturated rings. The molecule has 22 heavy (non-hydrogen) atoms. The van der Waals surface area contributed by atoms with Gasteiger partial charge in [-0.3, -0.25) is 0 Å². The van der Waals surface area contributed by atoms with Crippen molar-refractivity contribution in [2.24, 2.45) is 0 Å². The second-order valence-corrected chi connectivity index (χ2v) is 5.42. The van der Waals surface area contributed by atoms with Crippen LogP contribution in [0.2, 0.25) is 5.02 Å². The molecule has 0 aliphatic carbocycles. The van der Waals surface area contributed by atoms with E-state index in [1.54, 1.807) is 19.4 Å². The zero-order valence-electron chi connectivity index (χ0n) is 12.5. The summed E-state index contributed by atoms with van der Waals surface area (Å²) in [5.41, 5.74) is 3.19. The zero-order chi connectivity index (χ0) is 15.5. The van der Waals surface area contributed by atoms with Crippen molar-refractivity contribution in [1.82, 2.24) is 15.2 Å². The highest BCUT2D eigenvalue weighted by Gasteiger charge is 2.18. The van der Waals surface area contributed by atoms with Crippen molar-refractivity contribution < 1.29 is 9.47 Å². The second kappa shape index (κ2) is 6.46. The Balaban J connectivity index is 2.00. The Kier molecular flexibility index (Phi) is 4.40. The van der Waals surface area contributed by atoms with Crippen LogP contribution >= 0.6 is 11.6 Å². The maximum atomic E-state index is 6.14. The quantitative estimate of drug-likeness (QED) is 0.865. The predicted molar refractivity (Wildman–Crippen MR) is 84.6 cm³/mol. The van der Waals surface area contributed by atoms with E-state index < -0.39 is 0 Å². The maximum Gasteiger partial charge on any atom is 0.237 e. The average Bonchev–Trinajstić information content (AvgIpc) is 2.57. The normalized spacial score (nSPS) is 15.0. The molecule has 6 nitrogen and oxygen atoms in total. The predicted octanol–water partition coefficient (Wildman–Crippen LogP) is 2.35. The summed E-state index contributed by atoms with van der Waals surface area (Å²) in [5, 5.41) is 8.85. The van der Waals surface area contributed by atoms with Crippen LogP contribution < -0.4 is 9.64 Å². The molecular formula is C15H17ClN4O2. The molecule has 0 unspecified atom stereocenters. The molecule has 3 heterocycles. The van der Waals surface area contributed by atoms with Crippen molar-refractivity contribution in [3.8, 4) is 17.1 Å². The van der Waals surface area contributed by atoms with Crippen LogP contribution in [0.25, 0.3) is 11.3 Å². The molecule has 0 saturated carbocycles. The van der Waals surface area contributed by atoms with Crippen molar-refractivity contribution >= 4 is 17.3 Å². The highest BCUT2D eigenvalue weighted by molar-refractivity contribution is 6.31. The Morgan fingerprint density at radius 1 is 1.23 bits per heavy atom. The number of hydrogen-bond acceptors (Lipinski definition) is 6. The SMILES string of the molecule is COc1ncc(-c2cc(Cl)c(C)nn2)cc1N1CCOCC1. The van der Waals surface area contributed by atoms with Crippen molar-refractivity contribution in [3.05, 3.63) is 29.0 Å². The summed E-state index contributed by atoms with van der Waals surface area (Å²) in [7, 11) is 1.62. The van der Waals surface area contributed by atoms with Gasteiger partial charge in [-0.2, -0.15) is 10.2 Å². The van der Waals surface area contributed by atoms with Crippen LogP contribution in [-0.4, -0.2) is 48.6 Å². The van der Waals surface area contributed by atoms with Crippen LogP contribution in [0.3, 0.4) is 0 Å². The molecule has 0 amide bonds. The third-order valence-corrected chi connectivity index (χ3v) is 3.97. The first-order valence-corrected chi connectivity index (χ1v) is 7.44. The molecule has 0 radical (unpaired) electrons. The summed E-state index contributed by atoms with van der Waals surface area (Å²) < 4.78 is 10.8. The fourth-order valence-electron chi connectivity index (χ4n) is 2.34. The summed E-state index contributed by atoms with van der Waals surface area (Å²) >= 11 is 6.14. The number of methoxy groups -OCH3 is 1. The molecule has 0 aromatic carbocycles. The molecule has 7 heteroatoms. The van der Waals surface area contributed by atoms with Crippen LogP contribution in [0.5, 0.6) is 5.88 Å². The first kappa shape index (κ1) is 15.0. The number of halogens is 1. The zero-order valence-corrected chi connectivity index (χ0v) is 13.3. The van der Waals surface area contributed by atoms with E-state index in [9.17, 15) is 0 Å². The lowest BCUT2D eigenvalue weighted by Gasteiger charge is -2.29. The Labute approximate surface area is 134 Å². The van der Waals surface area contributed by atoms with Crippen LogP contribution in [0.4, 0.5) is 5.69 Å². The van der Waals surface area contributed by atoms with Crippen molar-refractivity contribution in [1.29, 1.82) is 0 Å². The lowest BCUT2D eigenvalue weighted by molar-refractivity contribution is 0.122. The van der Waals surface area contributed by atoms with E-state index in [4.69, 9.17) is 21.1 Å². The lowest BCUT2D eigenvalue weighted by atomic mass is 10.1. The van der Waals surface area contributed by atoms with Crippen LogP contribution in [0, 0.1) is 6.92 Å². The molecule has 0 N–H and O–H groups in total. The number of aryl methyl sites for hydroxylation is 1. The average molecular weight is 321 g/mol. The molecule has 116 valence electrons. The van der Waals surface area contributed by atoms with Gasteiger partial charge in [0.05, 0.1) is 36.7 Å². The number of morpholine rings is 1. The number of hydrogen-bond donors (Lipinski definition) is 0. The van der Waals surface area contributed by atoms with Gasteiger partial charge in [-0.1, -0.05) is 11.6 Å². The Morgan fingerprint density at radius 2 is 2.00 bits per heavy atom. The molecule has 0 atom stereocenters. The van der Waals surface area contributed by atoms with Crippen LogP contribution in [0.1, 0.15) is 5.69 Å². The highest BCUT2D eigenvalue weighted by Crippen LogP contribution is 2.31. The molecule has 2 aromatic heterocycles. The first-order valence-electron chi connectivity index (χ1n) is 7.06. The van der Waals surface area contributed by atoms with E-state index in [0.29, 0.717) is 35.5 Å². The fraction of sp³-hybridized carbons (Fsp3) is 0.400. The van der Waals surface area contributed by atoms with E-state index in [0.717, 1.165) is 24.3 Å². The van der Waals surface area contributed by atoms with E-state index in [-0.39, 0.29) is 0 Å². The minimum Gasteiger partial charge on any atom is -0.480 e. The van der Waals surface area contributed by atoms with Crippen molar-refractivity contribution in [2.75, 3.05) is 38.3 Å². The number of nitrogens with zero attached hydrogens (tertiary/aromatic N) is 4. The van der Waals surface area contributed by atoms with Crippen molar-refractivity contribution in [3.63, 3.8) is 0 Å². The Bertz CT molecular complexity index is 675. The van der Waals surface area contributed by atoms with Crippen molar-refractivity contribution in [2.45, 2.75) is 6.92 Å². The van der Waals surface area contributed by atoms with E-state index >= 15 is 0 Å². The largest absolute Gasteiger partial charge is 0.480 e. The molecular weight excluding hydrogens is 304 g/mol. The van der Waals surface area contributed by atoms with E-state index in [2.05, 4.69) is 20.1 Å². The lowest BCUT2D eigenvalue weighted by Crippen LogP contribution is -2.36. The molecule has 2 aromatic rings. The topological polar surface area (TPSA) is 60.4 Å². The summed E-state index contributed by atoms with van der Waals surface area (Å²) in [4.78, 5) is 6.58. The van der Waals surface area contributed by atoms with Gasteiger partial charge in [0.15, 0.2) is 0 Å². The first-order chi connectivity index (χ1) is 10.7. The number of aromatic nitrogens is 3. The van der Waals surface area contributed by atoms with Gasteiger partial charge in [0, 0.05) is 24.8 Å². The highest BCUT2D eigenvalue weighted by atomic mass is 35.5. The third kappa shape index (κ3) is 2.98. The molecule has 0 bridgehead atoms. The van der Waals surface area contributed by atoms with Gasteiger partial charge in [0.25, 0.3) is 0 Å². The Morgan fingerprint density at radius 3 is 2.68 bits per heavy atom. The van der Waals surface area contributed by atoms with E-state index in [1.165, 1.54) is 0 Å². The molecule has 1 saturated heterocycles. The van der Waals surface area contributed by atoms with Gasteiger partial charge in [0.2, 0.25) is 5.88 Å². The second-order valence-electron chi connectivity index (χ2n) is 5.01. The maximum absolute atomic E-state index is 6.14. The summed E-state index contributed by atoms with van der Waals surface area (Å²) in [5.74, 6) is 0.594. The number of anilines is 1. The smallest absolute Gasteiger partial charge is 0.237 e. The summed E-state index contributed by atoms with van der Waals surface area (Å²) in [6.45, 7) is 4.83. The number of pyridine rings is 1. The molecule has 1 aliphatic heterocycles. The van der Waals surface area contributed by atoms with Gasteiger partial charge in [-0.05, 0) is 19.1 Å². The van der Waals surface area contributed by atoms with E-state index in [1.807, 2.05) is 13.0 Å². The number of ether oxygens (including phenoxy) is 2.